The number of rotatable bonds is 17. The molecule has 0 unspecified atom stereocenters. The van der Waals surface area contributed by atoms with Crippen molar-refractivity contribution in [3.05, 3.63) is 0 Å². The topological polar surface area (TPSA) is 95.1 Å². The van der Waals surface area contributed by atoms with Gasteiger partial charge in [0.1, 0.15) is 13.2 Å². The van der Waals surface area contributed by atoms with Crippen molar-refractivity contribution in [2.24, 2.45) is 0 Å². The Morgan fingerprint density at radius 2 is 1.31 bits per heavy atom. The van der Waals surface area contributed by atoms with Crippen molar-refractivity contribution in [1.82, 2.24) is 10.6 Å². The molecule has 154 valence electrons. The molecule has 0 aromatic carbocycles. The summed E-state index contributed by atoms with van der Waals surface area (Å²) < 4.78 is 21.2. The predicted molar refractivity (Wildman–Crippen MR) is 99.3 cm³/mol. The molecular formula is C18H36N2O6. The maximum Gasteiger partial charge on any atom is 0.246 e. The second kappa shape index (κ2) is 16.1. The number of carbonyl (C=O) groups is 2. The molecule has 0 bridgehead atoms. The first-order valence-corrected chi connectivity index (χ1v) is 9.19. The van der Waals surface area contributed by atoms with Crippen LogP contribution in [0.2, 0.25) is 0 Å². The van der Waals surface area contributed by atoms with Crippen molar-refractivity contribution in [1.29, 1.82) is 0 Å². The number of hydrogen-bond acceptors (Lipinski definition) is 7. The van der Waals surface area contributed by atoms with E-state index in [9.17, 15) is 9.59 Å². The number of Topliss-reactive ketones (excluding diaryl/α,β-unsaturated/α-hetero) is 1. The molecule has 0 saturated carbocycles. The van der Waals surface area contributed by atoms with E-state index in [-0.39, 0.29) is 30.4 Å². The molecule has 0 aliphatic heterocycles. The molecule has 8 heteroatoms. The van der Waals surface area contributed by atoms with Gasteiger partial charge < -0.3 is 29.6 Å². The molecule has 0 atom stereocenters. The lowest BCUT2D eigenvalue weighted by atomic mass is 10.1. The molecule has 0 heterocycles. The number of ketones is 1. The average Bonchev–Trinajstić information content (AvgIpc) is 2.57. The number of ether oxygens (including phenoxy) is 4. The lowest BCUT2D eigenvalue weighted by molar-refractivity contribution is -0.129. The highest BCUT2D eigenvalue weighted by Gasteiger charge is 2.07. The SMILES string of the molecule is CCC(=O)COCC(=O)NCCOCCOCCOCCNC(C)(C)C. The molecule has 8 nitrogen and oxygen atoms in total. The van der Waals surface area contributed by atoms with Crippen LogP contribution >= 0.6 is 0 Å². The van der Waals surface area contributed by atoms with Crippen LogP contribution in [0.4, 0.5) is 0 Å². The predicted octanol–water partition coefficient (Wildman–Crippen LogP) is 0.536. The second-order valence-electron chi connectivity index (χ2n) is 6.75. The van der Waals surface area contributed by atoms with Crippen molar-refractivity contribution in [2.75, 3.05) is 65.9 Å². The zero-order valence-corrected chi connectivity index (χ0v) is 16.7. The normalized spacial score (nSPS) is 11.5. The van der Waals surface area contributed by atoms with E-state index in [1.807, 2.05) is 0 Å². The highest BCUT2D eigenvalue weighted by molar-refractivity contribution is 5.80. The van der Waals surface area contributed by atoms with Gasteiger partial charge in [0.05, 0.1) is 39.6 Å². The van der Waals surface area contributed by atoms with Crippen LogP contribution in [-0.4, -0.2) is 83.2 Å². The fourth-order valence-electron chi connectivity index (χ4n) is 1.71. The first-order chi connectivity index (χ1) is 12.3. The van der Waals surface area contributed by atoms with Crippen LogP contribution in [0, 0.1) is 0 Å². The molecule has 0 aliphatic carbocycles. The van der Waals surface area contributed by atoms with Gasteiger partial charge in [0.15, 0.2) is 5.78 Å². The van der Waals surface area contributed by atoms with Crippen LogP contribution < -0.4 is 10.6 Å². The third-order valence-corrected chi connectivity index (χ3v) is 3.10. The molecule has 0 aromatic heterocycles. The third kappa shape index (κ3) is 19.3. The van der Waals surface area contributed by atoms with Gasteiger partial charge in [-0.25, -0.2) is 0 Å². The minimum absolute atomic E-state index is 0.0193. The van der Waals surface area contributed by atoms with E-state index in [4.69, 9.17) is 18.9 Å². The highest BCUT2D eigenvalue weighted by atomic mass is 16.5. The van der Waals surface area contributed by atoms with Gasteiger partial charge in [-0.3, -0.25) is 9.59 Å². The molecule has 0 aliphatic rings. The van der Waals surface area contributed by atoms with E-state index in [1.54, 1.807) is 6.92 Å². The van der Waals surface area contributed by atoms with Gasteiger partial charge in [0.25, 0.3) is 0 Å². The third-order valence-electron chi connectivity index (χ3n) is 3.10. The minimum atomic E-state index is -0.258. The number of nitrogens with one attached hydrogen (secondary N) is 2. The standard InChI is InChI=1S/C18H36N2O6/c1-5-16(21)14-26-15-17(22)19-6-8-23-10-12-25-13-11-24-9-7-20-18(2,3)4/h20H,5-15H2,1-4H3,(H,19,22). The Kier molecular flexibility index (Phi) is 15.5. The maximum atomic E-state index is 11.4. The van der Waals surface area contributed by atoms with Gasteiger partial charge in [-0.1, -0.05) is 6.92 Å². The van der Waals surface area contributed by atoms with E-state index in [0.717, 1.165) is 6.54 Å². The monoisotopic (exact) mass is 376 g/mol. The van der Waals surface area contributed by atoms with Crippen molar-refractivity contribution in [2.45, 2.75) is 39.7 Å². The molecule has 0 radical (unpaired) electrons. The van der Waals surface area contributed by atoms with Crippen LogP contribution in [0.15, 0.2) is 0 Å². The van der Waals surface area contributed by atoms with Crippen molar-refractivity contribution in [3.8, 4) is 0 Å². The van der Waals surface area contributed by atoms with Gasteiger partial charge in [0, 0.05) is 25.0 Å². The average molecular weight is 376 g/mol. The summed E-state index contributed by atoms with van der Waals surface area (Å²) in [6, 6.07) is 0. The minimum Gasteiger partial charge on any atom is -0.378 e. The molecule has 1 amide bonds. The molecule has 26 heavy (non-hydrogen) atoms. The van der Waals surface area contributed by atoms with Gasteiger partial charge >= 0.3 is 0 Å². The summed E-state index contributed by atoms with van der Waals surface area (Å²) in [7, 11) is 0. The largest absolute Gasteiger partial charge is 0.378 e. The number of hydrogen-bond donors (Lipinski definition) is 2. The summed E-state index contributed by atoms with van der Waals surface area (Å²) in [5, 5.41) is 5.99. The lowest BCUT2D eigenvalue weighted by Crippen LogP contribution is -2.38. The summed E-state index contributed by atoms with van der Waals surface area (Å²) in [6.45, 7) is 12.3. The van der Waals surface area contributed by atoms with E-state index >= 15 is 0 Å². The highest BCUT2D eigenvalue weighted by Crippen LogP contribution is 1.96. The Balaban J connectivity index is 3.22. The van der Waals surface area contributed by atoms with E-state index in [2.05, 4.69) is 31.4 Å². The zero-order valence-electron chi connectivity index (χ0n) is 16.7. The number of carbonyl (C=O) groups excluding carboxylic acids is 2. The Labute approximate surface area is 157 Å². The van der Waals surface area contributed by atoms with Crippen LogP contribution in [0.5, 0.6) is 0 Å². The van der Waals surface area contributed by atoms with Gasteiger partial charge in [-0.05, 0) is 20.8 Å². The fraction of sp³-hybridized carbons (Fsp3) is 0.889. The summed E-state index contributed by atoms with van der Waals surface area (Å²) >= 11 is 0. The quantitative estimate of drug-likeness (QED) is 0.358. The smallest absolute Gasteiger partial charge is 0.246 e. The Morgan fingerprint density at radius 3 is 1.85 bits per heavy atom. The fourth-order valence-corrected chi connectivity index (χ4v) is 1.71. The van der Waals surface area contributed by atoms with Crippen molar-refractivity contribution < 1.29 is 28.5 Å². The first kappa shape index (κ1) is 24.9. The van der Waals surface area contributed by atoms with Crippen LogP contribution in [0.1, 0.15) is 34.1 Å². The summed E-state index contributed by atoms with van der Waals surface area (Å²) in [4.78, 5) is 22.4. The van der Waals surface area contributed by atoms with E-state index in [1.165, 1.54) is 0 Å². The van der Waals surface area contributed by atoms with Crippen LogP contribution in [-0.2, 0) is 28.5 Å². The summed E-state index contributed by atoms with van der Waals surface area (Å²) in [5.41, 5.74) is 0.109. The van der Waals surface area contributed by atoms with E-state index in [0.29, 0.717) is 52.6 Å². The van der Waals surface area contributed by atoms with Crippen molar-refractivity contribution >= 4 is 11.7 Å². The van der Waals surface area contributed by atoms with Crippen LogP contribution in [0.25, 0.3) is 0 Å². The molecule has 0 saturated heterocycles. The van der Waals surface area contributed by atoms with Gasteiger partial charge in [-0.15, -0.1) is 0 Å². The van der Waals surface area contributed by atoms with Gasteiger partial charge in [-0.2, -0.15) is 0 Å². The number of amides is 1. The molecule has 2 N–H and O–H groups in total. The molecular weight excluding hydrogens is 340 g/mol. The molecule has 0 aromatic rings. The first-order valence-electron chi connectivity index (χ1n) is 9.19. The second-order valence-corrected chi connectivity index (χ2v) is 6.75. The Morgan fingerprint density at radius 1 is 0.769 bits per heavy atom. The van der Waals surface area contributed by atoms with Gasteiger partial charge in [0.2, 0.25) is 5.91 Å². The Bertz CT molecular complexity index is 371. The summed E-state index contributed by atoms with van der Waals surface area (Å²) in [5.74, 6) is -0.278. The molecule has 0 rings (SSSR count). The van der Waals surface area contributed by atoms with Crippen molar-refractivity contribution in [3.63, 3.8) is 0 Å². The molecule has 0 fully saturated rings. The Hall–Kier alpha value is -1.06. The zero-order chi connectivity index (χ0) is 19.7. The van der Waals surface area contributed by atoms with Crippen LogP contribution in [0.3, 0.4) is 0 Å². The summed E-state index contributed by atoms with van der Waals surface area (Å²) in [6.07, 6.45) is 0.415. The maximum absolute atomic E-state index is 11.4. The van der Waals surface area contributed by atoms with E-state index < -0.39 is 0 Å². The molecule has 0 spiro atoms. The lowest BCUT2D eigenvalue weighted by Gasteiger charge is -2.20.